The van der Waals surface area contributed by atoms with Gasteiger partial charge < -0.3 is 24.7 Å². The van der Waals surface area contributed by atoms with Crippen molar-refractivity contribution in [2.24, 2.45) is 5.92 Å². The topological polar surface area (TPSA) is 121 Å². The molecule has 2 aliphatic rings. The average Bonchev–Trinajstić information content (AvgIpc) is 3.28. The zero-order chi connectivity index (χ0) is 19.8. The number of anilines is 3. The summed E-state index contributed by atoms with van der Waals surface area (Å²) in [5.74, 6) is 2.40. The minimum absolute atomic E-state index is 0.204. The van der Waals surface area contributed by atoms with E-state index in [2.05, 4.69) is 35.7 Å². The van der Waals surface area contributed by atoms with E-state index in [1.165, 1.54) is 12.8 Å². The molecule has 10 heteroatoms. The van der Waals surface area contributed by atoms with Crippen molar-refractivity contribution in [1.82, 2.24) is 25.5 Å². The van der Waals surface area contributed by atoms with E-state index in [0.717, 1.165) is 18.0 Å². The molecule has 0 aromatic carbocycles. The van der Waals surface area contributed by atoms with Gasteiger partial charge in [0.2, 0.25) is 5.95 Å². The molecule has 0 radical (unpaired) electrons. The number of hydrogen-bond acceptors (Lipinski definition) is 8. The van der Waals surface area contributed by atoms with Crippen LogP contribution in [0.25, 0.3) is 11.1 Å². The van der Waals surface area contributed by atoms with Crippen LogP contribution in [0.3, 0.4) is 0 Å². The van der Waals surface area contributed by atoms with Gasteiger partial charge in [0, 0.05) is 38.0 Å². The van der Waals surface area contributed by atoms with Crippen LogP contribution in [0.5, 0.6) is 0 Å². The van der Waals surface area contributed by atoms with Crippen molar-refractivity contribution < 1.29 is 13.9 Å². The zero-order valence-electron chi connectivity index (χ0n) is 16.2. The minimum atomic E-state index is -0.303. The lowest BCUT2D eigenvalue weighted by atomic mass is 10.2. The molecule has 3 N–H and O–H groups in total. The highest BCUT2D eigenvalue weighted by molar-refractivity contribution is 5.97. The summed E-state index contributed by atoms with van der Waals surface area (Å²) in [6.45, 7) is 2.60. The van der Waals surface area contributed by atoms with Crippen molar-refractivity contribution in [2.45, 2.75) is 19.3 Å². The van der Waals surface area contributed by atoms with E-state index in [4.69, 9.17) is 9.15 Å². The molecule has 1 aliphatic carbocycles. The molecular formula is C19H23N7O3. The third-order valence-corrected chi connectivity index (χ3v) is 5.19. The molecule has 1 amide bonds. The summed E-state index contributed by atoms with van der Waals surface area (Å²) >= 11 is 0. The summed E-state index contributed by atoms with van der Waals surface area (Å²) in [4.78, 5) is 23.3. The third kappa shape index (κ3) is 3.75. The van der Waals surface area contributed by atoms with Gasteiger partial charge >= 0.3 is 0 Å². The molecule has 3 aromatic heterocycles. The van der Waals surface area contributed by atoms with Gasteiger partial charge in [-0.25, -0.2) is 4.98 Å². The lowest BCUT2D eigenvalue weighted by Crippen LogP contribution is -2.37. The van der Waals surface area contributed by atoms with Gasteiger partial charge in [-0.05, 0) is 25.2 Å². The number of aromatic amines is 1. The van der Waals surface area contributed by atoms with E-state index in [9.17, 15) is 4.79 Å². The molecule has 0 bridgehead atoms. The van der Waals surface area contributed by atoms with Gasteiger partial charge in [0.1, 0.15) is 5.52 Å². The lowest BCUT2D eigenvalue weighted by molar-refractivity contribution is 0.0937. The molecule has 2 fully saturated rings. The molecule has 1 saturated heterocycles. The minimum Gasteiger partial charge on any atom is -0.445 e. The fourth-order valence-corrected chi connectivity index (χ4v) is 3.47. The highest BCUT2D eigenvalue weighted by Crippen LogP contribution is 2.33. The second kappa shape index (κ2) is 7.36. The highest BCUT2D eigenvalue weighted by Gasteiger charge is 2.24. The molecular weight excluding hydrogens is 374 g/mol. The number of rotatable bonds is 6. The zero-order valence-corrected chi connectivity index (χ0v) is 16.2. The van der Waals surface area contributed by atoms with Crippen LogP contribution in [-0.4, -0.2) is 59.4 Å². The number of ether oxygens (including phenoxy) is 1. The molecule has 29 heavy (non-hydrogen) atoms. The van der Waals surface area contributed by atoms with Crippen LogP contribution in [0.1, 0.15) is 29.1 Å². The van der Waals surface area contributed by atoms with E-state index >= 15 is 0 Å². The maximum atomic E-state index is 12.0. The number of amides is 1. The average molecular weight is 397 g/mol. The molecule has 3 aromatic rings. The quantitative estimate of drug-likeness (QED) is 0.576. The molecule has 1 aliphatic heterocycles. The highest BCUT2D eigenvalue weighted by atomic mass is 16.5. The first-order valence-corrected chi connectivity index (χ1v) is 9.87. The fraction of sp³-hybridized carbons (Fsp3) is 0.474. The Morgan fingerprint density at radius 3 is 2.86 bits per heavy atom. The Balaban J connectivity index is 1.48. The van der Waals surface area contributed by atoms with Gasteiger partial charge in [-0.2, -0.15) is 10.1 Å². The third-order valence-electron chi connectivity index (χ3n) is 5.19. The van der Waals surface area contributed by atoms with Gasteiger partial charge in [-0.1, -0.05) is 0 Å². The molecule has 1 saturated carbocycles. The van der Waals surface area contributed by atoms with E-state index in [0.29, 0.717) is 55.0 Å². The first kappa shape index (κ1) is 17.9. The molecule has 5 rings (SSSR count). The smallest absolute Gasteiger partial charge is 0.286 e. The second-order valence-electron chi connectivity index (χ2n) is 7.43. The van der Waals surface area contributed by atoms with Crippen LogP contribution in [0.4, 0.5) is 17.6 Å². The van der Waals surface area contributed by atoms with Crippen molar-refractivity contribution >= 4 is 34.6 Å². The Labute approximate surface area is 167 Å². The summed E-state index contributed by atoms with van der Waals surface area (Å²) in [5, 5.41) is 13.1. The van der Waals surface area contributed by atoms with E-state index < -0.39 is 0 Å². The van der Waals surface area contributed by atoms with Crippen LogP contribution in [0.2, 0.25) is 0 Å². The van der Waals surface area contributed by atoms with E-state index in [1.807, 2.05) is 6.07 Å². The Bertz CT molecular complexity index is 1030. The van der Waals surface area contributed by atoms with Gasteiger partial charge in [0.05, 0.1) is 13.2 Å². The number of carbonyl (C=O) groups is 1. The molecule has 0 spiro atoms. The van der Waals surface area contributed by atoms with Crippen LogP contribution < -0.4 is 15.5 Å². The predicted octanol–water partition coefficient (Wildman–Crippen LogP) is 1.84. The number of nitrogens with zero attached hydrogens (tertiary/aromatic N) is 4. The number of hydrogen-bond donors (Lipinski definition) is 3. The Morgan fingerprint density at radius 1 is 1.28 bits per heavy atom. The van der Waals surface area contributed by atoms with Gasteiger partial charge in [-0.3, -0.25) is 9.89 Å². The summed E-state index contributed by atoms with van der Waals surface area (Å²) in [6.07, 6.45) is 3.60. The van der Waals surface area contributed by atoms with Crippen molar-refractivity contribution in [2.75, 3.05) is 43.6 Å². The van der Waals surface area contributed by atoms with Crippen molar-refractivity contribution in [3.8, 4) is 0 Å². The van der Waals surface area contributed by atoms with Gasteiger partial charge in [0.15, 0.2) is 23.0 Å². The van der Waals surface area contributed by atoms with Crippen molar-refractivity contribution in [3.63, 3.8) is 0 Å². The van der Waals surface area contributed by atoms with E-state index in [1.54, 1.807) is 13.1 Å². The number of morpholine rings is 1. The van der Waals surface area contributed by atoms with Gasteiger partial charge in [0.25, 0.3) is 5.91 Å². The summed E-state index contributed by atoms with van der Waals surface area (Å²) < 4.78 is 11.2. The van der Waals surface area contributed by atoms with Gasteiger partial charge in [-0.15, -0.1) is 0 Å². The molecule has 152 valence electrons. The molecule has 4 heterocycles. The number of H-pyrrole nitrogens is 1. The molecule has 0 unspecified atom stereocenters. The molecule has 0 atom stereocenters. The van der Waals surface area contributed by atoms with Crippen LogP contribution in [-0.2, 0) is 11.2 Å². The van der Waals surface area contributed by atoms with Crippen LogP contribution in [0.15, 0.2) is 16.5 Å². The first-order chi connectivity index (χ1) is 14.2. The van der Waals surface area contributed by atoms with Crippen LogP contribution >= 0.6 is 0 Å². The SMILES string of the molecule is CNC(=O)c1cc2nc(Nc3cc(CC4CC4)[nH]n3)nc(N3CCOCC3)c2o1. The van der Waals surface area contributed by atoms with Crippen LogP contribution in [0, 0.1) is 5.92 Å². The Hall–Kier alpha value is -3.14. The first-order valence-electron chi connectivity index (χ1n) is 9.87. The second-order valence-corrected chi connectivity index (χ2v) is 7.43. The number of aromatic nitrogens is 4. The summed E-state index contributed by atoms with van der Waals surface area (Å²) in [7, 11) is 1.56. The number of carbonyl (C=O) groups excluding carboxylic acids is 1. The lowest BCUT2D eigenvalue weighted by Gasteiger charge is -2.27. The molecule has 10 nitrogen and oxygen atoms in total. The fourth-order valence-electron chi connectivity index (χ4n) is 3.47. The Kier molecular flexibility index (Phi) is 4.55. The standard InChI is InChI=1S/C19H23N7O3/c1-20-18(27)14-10-13-16(29-14)17(26-4-6-28-7-5-26)23-19(21-13)22-15-9-12(24-25-15)8-11-2-3-11/h9-11H,2-8H2,1H3,(H,20,27)(H2,21,22,23,24,25). The largest absolute Gasteiger partial charge is 0.445 e. The van der Waals surface area contributed by atoms with E-state index in [-0.39, 0.29) is 11.7 Å². The number of nitrogens with one attached hydrogen (secondary N) is 3. The Morgan fingerprint density at radius 2 is 2.10 bits per heavy atom. The summed E-state index contributed by atoms with van der Waals surface area (Å²) in [6, 6.07) is 3.62. The number of fused-ring (bicyclic) bond motifs is 1. The summed E-state index contributed by atoms with van der Waals surface area (Å²) in [5.41, 5.74) is 2.17. The van der Waals surface area contributed by atoms with Crippen molar-refractivity contribution in [3.05, 3.63) is 23.6 Å². The van der Waals surface area contributed by atoms with Crippen molar-refractivity contribution in [1.29, 1.82) is 0 Å². The predicted molar refractivity (Wildman–Crippen MR) is 107 cm³/mol. The number of furan rings is 1. The maximum absolute atomic E-state index is 12.0. The normalized spacial score (nSPS) is 16.9. The maximum Gasteiger partial charge on any atom is 0.286 e. The monoisotopic (exact) mass is 397 g/mol.